The first-order chi connectivity index (χ1) is 13.9. The number of nitrogens with one attached hydrogen (secondary N) is 1. The van der Waals surface area contributed by atoms with Crippen LogP contribution >= 0.6 is 0 Å². The number of aliphatic imine (C=N–C) groups is 1. The van der Waals surface area contributed by atoms with Crippen molar-refractivity contribution in [1.82, 2.24) is 20.1 Å². The summed E-state index contributed by atoms with van der Waals surface area (Å²) in [5.41, 5.74) is 2.14. The molecule has 1 aromatic carbocycles. The van der Waals surface area contributed by atoms with E-state index in [0.717, 1.165) is 28.8 Å². The van der Waals surface area contributed by atoms with E-state index in [0.29, 0.717) is 39.3 Å². The Morgan fingerprint density at radius 2 is 1.90 bits per heavy atom. The molecular formula is C21H28F3N5. The Morgan fingerprint density at radius 3 is 2.59 bits per heavy atom. The zero-order chi connectivity index (χ0) is 20.9. The Balaban J connectivity index is 1.62. The number of nitrogens with zero attached hydrogens (tertiary/aromatic N) is 4. The molecule has 1 aromatic heterocycles. The molecule has 1 saturated heterocycles. The summed E-state index contributed by atoms with van der Waals surface area (Å²) in [7, 11) is 0. The van der Waals surface area contributed by atoms with E-state index in [1.807, 2.05) is 36.1 Å². The van der Waals surface area contributed by atoms with Gasteiger partial charge in [-0.2, -0.15) is 13.2 Å². The van der Waals surface area contributed by atoms with E-state index < -0.39 is 12.2 Å². The fourth-order valence-electron chi connectivity index (χ4n) is 3.61. The number of hydrogen-bond donors (Lipinski definition) is 1. The van der Waals surface area contributed by atoms with Crippen LogP contribution in [0.3, 0.4) is 0 Å². The maximum atomic E-state index is 13.0. The Labute approximate surface area is 169 Å². The van der Waals surface area contributed by atoms with Crippen LogP contribution in [0.1, 0.15) is 19.4 Å². The largest absolute Gasteiger partial charge is 0.403 e. The number of rotatable bonds is 5. The first-order valence-corrected chi connectivity index (χ1v) is 10.1. The number of para-hydroxylation sites is 1. The van der Waals surface area contributed by atoms with Crippen molar-refractivity contribution in [1.29, 1.82) is 0 Å². The second kappa shape index (κ2) is 9.43. The van der Waals surface area contributed by atoms with Gasteiger partial charge >= 0.3 is 6.18 Å². The van der Waals surface area contributed by atoms with E-state index in [-0.39, 0.29) is 0 Å². The first kappa shape index (κ1) is 21.4. The average molecular weight is 407 g/mol. The van der Waals surface area contributed by atoms with E-state index >= 15 is 0 Å². The monoisotopic (exact) mass is 407 g/mol. The zero-order valence-electron chi connectivity index (χ0n) is 16.9. The molecule has 1 unspecified atom stereocenters. The van der Waals surface area contributed by atoms with E-state index in [2.05, 4.69) is 16.4 Å². The number of alkyl halides is 3. The lowest BCUT2D eigenvalue weighted by Crippen LogP contribution is -2.56. The molecule has 1 fully saturated rings. The number of pyridine rings is 1. The molecule has 1 atom stereocenters. The van der Waals surface area contributed by atoms with Gasteiger partial charge in [0.25, 0.3) is 0 Å². The lowest BCUT2D eigenvalue weighted by molar-refractivity contribution is -0.181. The molecule has 2 aromatic rings. The minimum atomic E-state index is -4.19. The lowest BCUT2D eigenvalue weighted by Gasteiger charge is -2.39. The van der Waals surface area contributed by atoms with Crippen LogP contribution in [0.4, 0.5) is 13.2 Å². The van der Waals surface area contributed by atoms with Gasteiger partial charge in [-0.25, -0.2) is 0 Å². The third kappa shape index (κ3) is 5.38. The van der Waals surface area contributed by atoms with Gasteiger partial charge in [0.2, 0.25) is 0 Å². The summed E-state index contributed by atoms with van der Waals surface area (Å²) in [5.74, 6) is 0.764. The summed E-state index contributed by atoms with van der Waals surface area (Å²) in [4.78, 5) is 12.7. The molecule has 8 heteroatoms. The van der Waals surface area contributed by atoms with Crippen LogP contribution in [0.2, 0.25) is 0 Å². The quantitative estimate of drug-likeness (QED) is 0.610. The summed E-state index contributed by atoms with van der Waals surface area (Å²) >= 11 is 0. The second-order valence-corrected chi connectivity index (χ2v) is 7.22. The van der Waals surface area contributed by atoms with Gasteiger partial charge in [0.05, 0.1) is 5.52 Å². The number of fused-ring (bicyclic) bond motifs is 1. The molecule has 0 bridgehead atoms. The Bertz CT molecular complexity index is 823. The van der Waals surface area contributed by atoms with Crippen molar-refractivity contribution in [3.63, 3.8) is 0 Å². The summed E-state index contributed by atoms with van der Waals surface area (Å²) in [6.45, 7) is 6.34. The second-order valence-electron chi connectivity index (χ2n) is 7.22. The van der Waals surface area contributed by atoms with Crippen LogP contribution in [0.25, 0.3) is 10.9 Å². The first-order valence-electron chi connectivity index (χ1n) is 10.1. The van der Waals surface area contributed by atoms with Crippen LogP contribution < -0.4 is 5.32 Å². The van der Waals surface area contributed by atoms with Gasteiger partial charge in [-0.1, -0.05) is 24.3 Å². The van der Waals surface area contributed by atoms with Gasteiger partial charge in [-0.3, -0.25) is 14.9 Å². The van der Waals surface area contributed by atoms with Crippen molar-refractivity contribution >= 4 is 16.9 Å². The van der Waals surface area contributed by atoms with Gasteiger partial charge < -0.3 is 10.2 Å². The molecule has 29 heavy (non-hydrogen) atoms. The third-order valence-electron chi connectivity index (χ3n) is 5.33. The summed E-state index contributed by atoms with van der Waals surface area (Å²) in [6, 6.07) is 8.68. The smallest absolute Gasteiger partial charge is 0.357 e. The standard InChI is InChI=1S/C21H28F3N5/c1-3-25-20(29-14-12-28(13-15-29)16(2)21(22,23)24)27-11-9-18-7-4-6-17-8-5-10-26-19(17)18/h4-8,10,16H,3,9,11-15H2,1-2H3,(H,25,27). The highest BCUT2D eigenvalue weighted by Crippen LogP contribution is 2.25. The lowest BCUT2D eigenvalue weighted by atomic mass is 10.1. The maximum absolute atomic E-state index is 13.0. The van der Waals surface area contributed by atoms with Crippen LogP contribution in [0.15, 0.2) is 41.5 Å². The highest BCUT2D eigenvalue weighted by atomic mass is 19.4. The number of aromatic nitrogens is 1. The minimum Gasteiger partial charge on any atom is -0.357 e. The predicted molar refractivity (Wildman–Crippen MR) is 110 cm³/mol. The molecule has 1 N–H and O–H groups in total. The number of halogens is 3. The van der Waals surface area contributed by atoms with Crippen molar-refractivity contribution < 1.29 is 13.2 Å². The van der Waals surface area contributed by atoms with Crippen molar-refractivity contribution in [2.45, 2.75) is 32.5 Å². The highest BCUT2D eigenvalue weighted by molar-refractivity contribution is 5.82. The van der Waals surface area contributed by atoms with Crippen LogP contribution in [0, 0.1) is 0 Å². The van der Waals surface area contributed by atoms with Crippen molar-refractivity contribution in [3.05, 3.63) is 42.1 Å². The number of hydrogen-bond acceptors (Lipinski definition) is 3. The van der Waals surface area contributed by atoms with Crippen LogP contribution in [-0.2, 0) is 6.42 Å². The number of piperazine rings is 1. The van der Waals surface area contributed by atoms with Crippen LogP contribution in [0.5, 0.6) is 0 Å². The maximum Gasteiger partial charge on any atom is 0.403 e. The molecule has 0 amide bonds. The van der Waals surface area contributed by atoms with Gasteiger partial charge in [-0.05, 0) is 31.9 Å². The summed E-state index contributed by atoms with van der Waals surface area (Å²) in [6.07, 6.45) is -1.64. The van der Waals surface area contributed by atoms with E-state index in [9.17, 15) is 13.2 Å². The predicted octanol–water partition coefficient (Wildman–Crippen LogP) is 3.31. The van der Waals surface area contributed by atoms with Gasteiger partial charge in [0, 0.05) is 50.9 Å². The van der Waals surface area contributed by atoms with Crippen molar-refractivity contribution in [2.24, 2.45) is 4.99 Å². The average Bonchev–Trinajstić information content (AvgIpc) is 2.72. The van der Waals surface area contributed by atoms with Gasteiger partial charge in [-0.15, -0.1) is 0 Å². The Hall–Kier alpha value is -2.35. The van der Waals surface area contributed by atoms with Gasteiger partial charge in [0.15, 0.2) is 5.96 Å². The van der Waals surface area contributed by atoms with Crippen LogP contribution in [-0.4, -0.2) is 72.2 Å². The molecule has 0 aliphatic carbocycles. The molecule has 0 spiro atoms. The normalized spacial score (nSPS) is 17.6. The zero-order valence-corrected chi connectivity index (χ0v) is 16.9. The molecule has 158 valence electrons. The fourth-order valence-corrected chi connectivity index (χ4v) is 3.61. The minimum absolute atomic E-state index is 0.373. The van der Waals surface area contributed by atoms with Gasteiger partial charge in [0.1, 0.15) is 6.04 Å². The van der Waals surface area contributed by atoms with E-state index in [1.165, 1.54) is 11.8 Å². The van der Waals surface area contributed by atoms with E-state index in [4.69, 9.17) is 4.99 Å². The third-order valence-corrected chi connectivity index (χ3v) is 5.33. The molecule has 0 saturated carbocycles. The number of benzene rings is 1. The van der Waals surface area contributed by atoms with E-state index in [1.54, 1.807) is 6.20 Å². The van der Waals surface area contributed by atoms with Crippen molar-refractivity contribution in [3.8, 4) is 0 Å². The molecule has 2 heterocycles. The Kier molecular flexibility index (Phi) is 6.95. The summed E-state index contributed by atoms with van der Waals surface area (Å²) in [5, 5.41) is 4.38. The SMILES string of the molecule is CCNC(=NCCc1cccc2cccnc12)N1CCN(C(C)C(F)(F)F)CC1. The molecular weight excluding hydrogens is 379 g/mol. The summed E-state index contributed by atoms with van der Waals surface area (Å²) < 4.78 is 38.9. The molecule has 1 aliphatic heterocycles. The molecule has 5 nitrogen and oxygen atoms in total. The molecule has 3 rings (SSSR count). The van der Waals surface area contributed by atoms with Crippen molar-refractivity contribution in [2.75, 3.05) is 39.3 Å². The molecule has 0 radical (unpaired) electrons. The molecule has 1 aliphatic rings. The Morgan fingerprint density at radius 1 is 1.17 bits per heavy atom. The highest BCUT2D eigenvalue weighted by Gasteiger charge is 2.41. The number of guanidine groups is 1. The topological polar surface area (TPSA) is 43.8 Å². The fraction of sp³-hybridized carbons (Fsp3) is 0.524.